The third-order valence-corrected chi connectivity index (χ3v) is 3.93. The largest absolute Gasteiger partial charge is 0.301 e. The van der Waals surface area contributed by atoms with E-state index in [1.807, 2.05) is 42.5 Å². The molecule has 0 saturated heterocycles. The number of carbonyl (C=O) groups excluding carboxylic acids is 1. The van der Waals surface area contributed by atoms with Crippen molar-refractivity contribution in [3.05, 3.63) is 77.0 Å². The maximum atomic E-state index is 12.3. The molecule has 0 aliphatic carbocycles. The average Bonchev–Trinajstić information content (AvgIpc) is 2.60. The molecule has 2 aromatic carbocycles. The van der Waals surface area contributed by atoms with Crippen molar-refractivity contribution in [2.75, 3.05) is 0 Å². The van der Waals surface area contributed by atoms with E-state index in [9.17, 15) is 10.1 Å². The van der Waals surface area contributed by atoms with Crippen LogP contribution in [0.4, 0.5) is 0 Å². The molecule has 4 heteroatoms. The van der Waals surface area contributed by atoms with Gasteiger partial charge in [0.25, 0.3) is 5.91 Å². The number of carbonyl (C=O) groups is 1. The second kappa shape index (κ2) is 7.67. The fourth-order valence-electron chi connectivity index (χ4n) is 2.38. The lowest BCUT2D eigenvalue weighted by Gasteiger charge is -2.19. The Balaban J connectivity index is 2.09. The summed E-state index contributed by atoms with van der Waals surface area (Å²) < 4.78 is 0. The van der Waals surface area contributed by atoms with Crippen LogP contribution in [0.25, 0.3) is 5.57 Å². The lowest BCUT2D eigenvalue weighted by Crippen LogP contribution is -2.36. The number of nitrogens with one attached hydrogen (secondary N) is 2. The van der Waals surface area contributed by atoms with Gasteiger partial charge in [0.15, 0.2) is 0 Å². The lowest BCUT2D eigenvalue weighted by molar-refractivity contribution is 0.0939. The molecule has 0 atom stereocenters. The van der Waals surface area contributed by atoms with Crippen LogP contribution in [-0.4, -0.2) is 5.91 Å². The Morgan fingerprint density at radius 3 is 2.04 bits per heavy atom. The van der Waals surface area contributed by atoms with Crippen molar-refractivity contribution >= 4 is 11.5 Å². The number of nitriles is 1. The van der Waals surface area contributed by atoms with Crippen molar-refractivity contribution in [1.29, 1.82) is 5.26 Å². The van der Waals surface area contributed by atoms with Crippen LogP contribution in [0.1, 0.15) is 49.2 Å². The minimum Gasteiger partial charge on any atom is -0.301 e. The van der Waals surface area contributed by atoms with Crippen LogP contribution in [0.3, 0.4) is 0 Å². The lowest BCUT2D eigenvalue weighted by atomic mass is 9.87. The molecule has 128 valence electrons. The highest BCUT2D eigenvalue weighted by Crippen LogP contribution is 2.22. The Labute approximate surface area is 149 Å². The molecular formula is C21H23N3O. The molecule has 2 aromatic rings. The van der Waals surface area contributed by atoms with Crippen molar-refractivity contribution in [2.24, 2.45) is 0 Å². The fraction of sp³-hybridized carbons (Fsp3) is 0.238. The predicted molar refractivity (Wildman–Crippen MR) is 100 cm³/mol. The van der Waals surface area contributed by atoms with Crippen LogP contribution in [-0.2, 0) is 5.41 Å². The molecule has 0 aliphatic heterocycles. The Hall–Kier alpha value is -3.06. The maximum Gasteiger partial charge on any atom is 0.269 e. The molecule has 0 spiro atoms. The number of hydrogen-bond acceptors (Lipinski definition) is 3. The normalized spacial score (nSPS) is 12.0. The predicted octanol–water partition coefficient (Wildman–Crippen LogP) is 4.17. The first-order valence-corrected chi connectivity index (χ1v) is 8.16. The van der Waals surface area contributed by atoms with Gasteiger partial charge in [-0.2, -0.15) is 5.26 Å². The molecule has 2 N–H and O–H groups in total. The van der Waals surface area contributed by atoms with Crippen LogP contribution in [0.2, 0.25) is 0 Å². The van der Waals surface area contributed by atoms with Gasteiger partial charge in [0.2, 0.25) is 0 Å². The van der Waals surface area contributed by atoms with Gasteiger partial charge in [0.1, 0.15) is 6.07 Å². The van der Waals surface area contributed by atoms with Crippen LogP contribution in [0.15, 0.2) is 60.3 Å². The molecule has 2 rings (SSSR count). The summed E-state index contributed by atoms with van der Waals surface area (Å²) in [5.41, 5.74) is 9.14. The molecule has 4 nitrogen and oxygen atoms in total. The summed E-state index contributed by atoms with van der Waals surface area (Å²) in [7, 11) is 0. The summed E-state index contributed by atoms with van der Waals surface area (Å²) in [5.74, 6) is -0.245. The summed E-state index contributed by atoms with van der Waals surface area (Å²) >= 11 is 0. The smallest absolute Gasteiger partial charge is 0.269 e. The maximum absolute atomic E-state index is 12.3. The number of amides is 1. The highest BCUT2D eigenvalue weighted by molar-refractivity contribution is 5.94. The second-order valence-electron chi connectivity index (χ2n) is 6.88. The Bertz CT molecular complexity index is 807. The van der Waals surface area contributed by atoms with E-state index in [1.54, 1.807) is 19.1 Å². The summed E-state index contributed by atoms with van der Waals surface area (Å²) in [5, 5.41) is 9.38. The minimum atomic E-state index is -0.245. The topological polar surface area (TPSA) is 64.9 Å². The van der Waals surface area contributed by atoms with Crippen molar-refractivity contribution in [2.45, 2.75) is 33.1 Å². The van der Waals surface area contributed by atoms with Gasteiger partial charge in [-0.1, -0.05) is 63.2 Å². The molecule has 0 unspecified atom stereocenters. The zero-order valence-corrected chi connectivity index (χ0v) is 15.1. The summed E-state index contributed by atoms with van der Waals surface area (Å²) in [4.78, 5) is 12.3. The Morgan fingerprint density at radius 1 is 0.920 bits per heavy atom. The molecule has 25 heavy (non-hydrogen) atoms. The molecule has 1 amide bonds. The highest BCUT2D eigenvalue weighted by Gasteiger charge is 2.14. The van der Waals surface area contributed by atoms with Gasteiger partial charge in [-0.25, -0.2) is 0 Å². The van der Waals surface area contributed by atoms with E-state index in [4.69, 9.17) is 0 Å². The van der Waals surface area contributed by atoms with Gasteiger partial charge < -0.3 is 5.43 Å². The number of benzene rings is 2. The van der Waals surface area contributed by atoms with E-state index < -0.39 is 0 Å². The minimum absolute atomic E-state index is 0.0456. The third-order valence-electron chi connectivity index (χ3n) is 3.93. The van der Waals surface area contributed by atoms with E-state index in [0.717, 1.165) is 5.56 Å². The SMILES string of the molecule is CC(NNC(=O)c1ccc(C(C)(C)C)cc1)=C(C#N)c1ccccc1. The number of rotatable bonds is 4. The van der Waals surface area contributed by atoms with Gasteiger partial charge >= 0.3 is 0 Å². The molecule has 0 bridgehead atoms. The monoisotopic (exact) mass is 333 g/mol. The van der Waals surface area contributed by atoms with Crippen LogP contribution in [0.5, 0.6) is 0 Å². The summed E-state index contributed by atoms with van der Waals surface area (Å²) in [6.45, 7) is 8.15. The van der Waals surface area contributed by atoms with Gasteiger partial charge in [0, 0.05) is 11.3 Å². The molecule has 0 radical (unpaired) electrons. The van der Waals surface area contributed by atoms with Crippen molar-refractivity contribution < 1.29 is 4.79 Å². The van der Waals surface area contributed by atoms with Gasteiger partial charge in [-0.15, -0.1) is 0 Å². The molecule has 0 heterocycles. The zero-order valence-electron chi connectivity index (χ0n) is 15.1. The number of nitrogens with zero attached hydrogens (tertiary/aromatic N) is 1. The summed E-state index contributed by atoms with van der Waals surface area (Å²) in [6.07, 6.45) is 0. The summed E-state index contributed by atoms with van der Waals surface area (Å²) in [6, 6.07) is 19.1. The van der Waals surface area contributed by atoms with E-state index in [0.29, 0.717) is 16.8 Å². The standard InChI is InChI=1S/C21H23N3O/c1-15(19(14-22)16-8-6-5-7-9-16)23-24-20(25)17-10-12-18(13-11-17)21(2,3)4/h5-13,23H,1-4H3,(H,24,25). The number of hydrogen-bond donors (Lipinski definition) is 2. The van der Waals surface area contributed by atoms with Gasteiger partial charge in [0.05, 0.1) is 5.57 Å². The van der Waals surface area contributed by atoms with Crippen LogP contribution >= 0.6 is 0 Å². The first kappa shape index (κ1) is 18.3. The second-order valence-corrected chi connectivity index (χ2v) is 6.88. The highest BCUT2D eigenvalue weighted by atomic mass is 16.2. The van der Waals surface area contributed by atoms with E-state index >= 15 is 0 Å². The van der Waals surface area contributed by atoms with Gasteiger partial charge in [-0.3, -0.25) is 10.2 Å². The van der Waals surface area contributed by atoms with E-state index in [2.05, 4.69) is 37.7 Å². The Morgan fingerprint density at radius 2 is 1.52 bits per heavy atom. The molecular weight excluding hydrogens is 310 g/mol. The zero-order chi connectivity index (χ0) is 18.4. The van der Waals surface area contributed by atoms with Crippen molar-refractivity contribution in [1.82, 2.24) is 10.9 Å². The number of allylic oxidation sites excluding steroid dienone is 2. The molecule has 0 aromatic heterocycles. The third kappa shape index (κ3) is 4.71. The van der Waals surface area contributed by atoms with Crippen molar-refractivity contribution in [3.8, 4) is 6.07 Å². The first-order chi connectivity index (χ1) is 11.8. The molecule has 0 fully saturated rings. The molecule has 0 saturated carbocycles. The van der Waals surface area contributed by atoms with E-state index in [-0.39, 0.29) is 11.3 Å². The first-order valence-electron chi connectivity index (χ1n) is 8.16. The fourth-order valence-corrected chi connectivity index (χ4v) is 2.38. The van der Waals surface area contributed by atoms with Crippen molar-refractivity contribution in [3.63, 3.8) is 0 Å². The molecule has 0 aliphatic rings. The van der Waals surface area contributed by atoms with Crippen LogP contribution in [0, 0.1) is 11.3 Å². The number of hydrazine groups is 1. The van der Waals surface area contributed by atoms with E-state index in [1.165, 1.54) is 5.56 Å². The Kier molecular flexibility index (Phi) is 5.61. The average molecular weight is 333 g/mol. The van der Waals surface area contributed by atoms with Gasteiger partial charge in [-0.05, 0) is 35.6 Å². The van der Waals surface area contributed by atoms with Crippen LogP contribution < -0.4 is 10.9 Å². The quantitative estimate of drug-likeness (QED) is 0.652.